The third-order valence-corrected chi connectivity index (χ3v) is 4.85. The Morgan fingerprint density at radius 2 is 2.21 bits per heavy atom. The minimum atomic E-state index is -1.21. The maximum Gasteiger partial charge on any atom is 0.183 e. The molecule has 0 aliphatic rings. The Balaban J connectivity index is 2.14. The number of thiazole rings is 1. The fourth-order valence-electron chi connectivity index (χ4n) is 2.06. The summed E-state index contributed by atoms with van der Waals surface area (Å²) in [6.07, 6.45) is 0.906. The predicted molar refractivity (Wildman–Crippen MR) is 95.0 cm³/mol. The number of nitrogens with zero attached hydrogens (tertiary/aromatic N) is 1. The molecule has 0 amide bonds. The molecular weight excluding hydrogens is 396 g/mol. The van der Waals surface area contributed by atoms with Gasteiger partial charge in [0, 0.05) is 6.54 Å². The number of hydrogen-bond acceptors (Lipinski definition) is 7. The molecule has 1 aromatic heterocycles. The Morgan fingerprint density at radius 3 is 2.79 bits per heavy atom. The van der Waals surface area contributed by atoms with Crippen molar-refractivity contribution < 1.29 is 19.4 Å². The number of ether oxygens (including phenoxy) is 2. The number of rotatable bonds is 8. The number of aromatic carboxylic acids is 1. The highest BCUT2D eigenvalue weighted by molar-refractivity contribution is 9.10. The van der Waals surface area contributed by atoms with Crippen molar-refractivity contribution in [3.8, 4) is 11.5 Å². The van der Waals surface area contributed by atoms with E-state index < -0.39 is 5.97 Å². The van der Waals surface area contributed by atoms with E-state index in [0.717, 1.165) is 27.8 Å². The molecule has 0 fully saturated rings. The molecule has 2 aromatic rings. The third-order valence-electron chi connectivity index (χ3n) is 3.17. The molecule has 130 valence electrons. The van der Waals surface area contributed by atoms with Crippen LogP contribution >= 0.6 is 27.3 Å². The van der Waals surface area contributed by atoms with Gasteiger partial charge in [-0.2, -0.15) is 0 Å². The van der Waals surface area contributed by atoms with Crippen molar-refractivity contribution in [3.05, 3.63) is 32.7 Å². The van der Waals surface area contributed by atoms with Gasteiger partial charge in [-0.15, -0.1) is 0 Å². The molecular formula is C16H18BrN2O4S-. The lowest BCUT2D eigenvalue weighted by molar-refractivity contribution is -0.254. The number of carbonyl (C=O) groups excluding carboxylic acids is 1. The highest BCUT2D eigenvalue weighted by Gasteiger charge is 2.13. The third kappa shape index (κ3) is 4.39. The van der Waals surface area contributed by atoms with Crippen molar-refractivity contribution in [3.63, 3.8) is 0 Å². The van der Waals surface area contributed by atoms with Crippen molar-refractivity contribution in [2.24, 2.45) is 0 Å². The highest BCUT2D eigenvalue weighted by Crippen LogP contribution is 2.37. The molecule has 0 aliphatic heterocycles. The molecule has 24 heavy (non-hydrogen) atoms. The van der Waals surface area contributed by atoms with Gasteiger partial charge in [0.05, 0.1) is 34.7 Å². The summed E-state index contributed by atoms with van der Waals surface area (Å²) in [4.78, 5) is 15.3. The standard InChI is InChI=1S/C16H19BrN2O4S/c1-4-5-23-13-11(17)6-10(7-12(13)22-3)8-18-16-19-9(2)14(24-16)15(20)21/h6-7H,4-5,8H2,1-3H3,(H,18,19)(H,20,21)/p-1. The normalized spacial score (nSPS) is 10.5. The fourth-order valence-corrected chi connectivity index (χ4v) is 3.46. The van der Waals surface area contributed by atoms with E-state index in [1.54, 1.807) is 14.0 Å². The second-order valence-electron chi connectivity index (χ2n) is 5.03. The Morgan fingerprint density at radius 1 is 1.46 bits per heavy atom. The summed E-state index contributed by atoms with van der Waals surface area (Å²) in [5.74, 6) is 0.104. The van der Waals surface area contributed by atoms with E-state index in [1.165, 1.54) is 0 Å². The highest BCUT2D eigenvalue weighted by atomic mass is 79.9. The van der Waals surface area contributed by atoms with Crippen molar-refractivity contribution in [1.82, 2.24) is 4.98 Å². The van der Waals surface area contributed by atoms with Crippen LogP contribution in [0.25, 0.3) is 0 Å². The van der Waals surface area contributed by atoms with Gasteiger partial charge in [-0.05, 0) is 47.0 Å². The summed E-state index contributed by atoms with van der Waals surface area (Å²) in [6, 6.07) is 3.81. The zero-order chi connectivity index (χ0) is 17.7. The van der Waals surface area contributed by atoms with Gasteiger partial charge >= 0.3 is 0 Å². The lowest BCUT2D eigenvalue weighted by atomic mass is 10.2. The number of nitrogens with one attached hydrogen (secondary N) is 1. The molecule has 0 saturated carbocycles. The summed E-state index contributed by atoms with van der Waals surface area (Å²) >= 11 is 4.56. The molecule has 6 nitrogen and oxygen atoms in total. The molecule has 0 radical (unpaired) electrons. The molecule has 8 heteroatoms. The van der Waals surface area contributed by atoms with E-state index in [2.05, 4.69) is 26.2 Å². The first-order valence-corrected chi connectivity index (χ1v) is 8.99. The summed E-state index contributed by atoms with van der Waals surface area (Å²) in [5.41, 5.74) is 1.40. The lowest BCUT2D eigenvalue weighted by Gasteiger charge is -2.14. The summed E-state index contributed by atoms with van der Waals surface area (Å²) in [6.45, 7) is 4.77. The van der Waals surface area contributed by atoms with Gasteiger partial charge in [0.1, 0.15) is 0 Å². The summed E-state index contributed by atoms with van der Waals surface area (Å²) < 4.78 is 11.9. The van der Waals surface area contributed by atoms with Crippen LogP contribution in [0.3, 0.4) is 0 Å². The number of aryl methyl sites for hydroxylation is 1. The second-order valence-corrected chi connectivity index (χ2v) is 6.89. The van der Waals surface area contributed by atoms with E-state index in [-0.39, 0.29) is 4.88 Å². The van der Waals surface area contributed by atoms with Crippen molar-refractivity contribution in [2.45, 2.75) is 26.8 Å². The van der Waals surface area contributed by atoms with Crippen LogP contribution in [-0.2, 0) is 6.54 Å². The maximum atomic E-state index is 11.0. The molecule has 1 N–H and O–H groups in total. The zero-order valence-electron chi connectivity index (χ0n) is 13.6. The van der Waals surface area contributed by atoms with E-state index in [9.17, 15) is 9.90 Å². The topological polar surface area (TPSA) is 83.5 Å². The van der Waals surface area contributed by atoms with Gasteiger partial charge in [0.15, 0.2) is 16.6 Å². The van der Waals surface area contributed by atoms with Gasteiger partial charge in [0.2, 0.25) is 0 Å². The first-order chi connectivity index (χ1) is 11.5. The van der Waals surface area contributed by atoms with Crippen LogP contribution in [0.1, 0.15) is 34.3 Å². The van der Waals surface area contributed by atoms with Crippen LogP contribution in [-0.4, -0.2) is 24.7 Å². The monoisotopic (exact) mass is 413 g/mol. The number of methoxy groups -OCH3 is 1. The maximum absolute atomic E-state index is 11.0. The van der Waals surface area contributed by atoms with Crippen LogP contribution in [0.15, 0.2) is 16.6 Å². The average molecular weight is 414 g/mol. The van der Waals surface area contributed by atoms with Crippen LogP contribution in [0.2, 0.25) is 0 Å². The Bertz CT molecular complexity index is 733. The average Bonchev–Trinajstić information content (AvgIpc) is 2.92. The molecule has 2 rings (SSSR count). The second kappa shape index (κ2) is 8.34. The van der Waals surface area contributed by atoms with E-state index >= 15 is 0 Å². The van der Waals surface area contributed by atoms with Gasteiger partial charge in [-0.25, -0.2) is 4.98 Å². The van der Waals surface area contributed by atoms with Crippen LogP contribution in [0.5, 0.6) is 11.5 Å². The molecule has 0 unspecified atom stereocenters. The number of carboxylic acid groups (broad SMARTS) is 1. The zero-order valence-corrected chi connectivity index (χ0v) is 16.0. The predicted octanol–water partition coefficient (Wildman–Crippen LogP) is 2.99. The number of halogens is 1. The van der Waals surface area contributed by atoms with Gasteiger partial charge in [-0.3, -0.25) is 0 Å². The van der Waals surface area contributed by atoms with Crippen LogP contribution in [0, 0.1) is 6.92 Å². The molecule has 0 spiro atoms. The number of anilines is 1. The van der Waals surface area contributed by atoms with Gasteiger partial charge in [-0.1, -0.05) is 18.3 Å². The quantitative estimate of drug-likeness (QED) is 0.715. The number of hydrogen-bond donors (Lipinski definition) is 1. The summed E-state index contributed by atoms with van der Waals surface area (Å²) in [5, 5.41) is 14.6. The first-order valence-electron chi connectivity index (χ1n) is 7.38. The van der Waals surface area contributed by atoms with E-state index in [0.29, 0.717) is 35.5 Å². The molecule has 1 aromatic carbocycles. The summed E-state index contributed by atoms with van der Waals surface area (Å²) in [7, 11) is 1.59. The number of benzene rings is 1. The van der Waals surface area contributed by atoms with Crippen molar-refractivity contribution in [1.29, 1.82) is 0 Å². The van der Waals surface area contributed by atoms with Crippen LogP contribution in [0.4, 0.5) is 5.13 Å². The Hall–Kier alpha value is -1.80. The minimum Gasteiger partial charge on any atom is -0.544 e. The smallest absolute Gasteiger partial charge is 0.183 e. The van der Waals surface area contributed by atoms with E-state index in [4.69, 9.17) is 9.47 Å². The first kappa shape index (κ1) is 18.5. The fraction of sp³-hybridized carbons (Fsp3) is 0.375. The van der Waals surface area contributed by atoms with Gasteiger partial charge in [0.25, 0.3) is 0 Å². The molecule has 0 bridgehead atoms. The van der Waals surface area contributed by atoms with Gasteiger partial charge < -0.3 is 24.7 Å². The lowest BCUT2D eigenvalue weighted by Crippen LogP contribution is -2.21. The number of aromatic nitrogens is 1. The number of carboxylic acids is 1. The van der Waals surface area contributed by atoms with Crippen LogP contribution < -0.4 is 19.9 Å². The molecule has 0 atom stereocenters. The molecule has 0 aliphatic carbocycles. The Labute approximate surface area is 153 Å². The SMILES string of the molecule is CCCOc1c(Br)cc(CNc2nc(C)c(C(=O)[O-])s2)cc1OC. The molecule has 1 heterocycles. The largest absolute Gasteiger partial charge is 0.544 e. The number of carbonyl (C=O) groups is 1. The van der Waals surface area contributed by atoms with Crippen molar-refractivity contribution in [2.75, 3.05) is 19.0 Å². The Kier molecular flexibility index (Phi) is 6.44. The van der Waals surface area contributed by atoms with Crippen molar-refractivity contribution >= 4 is 38.4 Å². The van der Waals surface area contributed by atoms with E-state index in [1.807, 2.05) is 19.1 Å². The minimum absolute atomic E-state index is 0.138. The molecule has 0 saturated heterocycles.